The van der Waals surface area contributed by atoms with E-state index in [1.165, 1.54) is 5.56 Å². The zero-order valence-corrected chi connectivity index (χ0v) is 16.2. The molecule has 28 heavy (non-hydrogen) atoms. The summed E-state index contributed by atoms with van der Waals surface area (Å²) < 4.78 is 5.60. The van der Waals surface area contributed by atoms with Crippen molar-refractivity contribution in [2.24, 2.45) is 0 Å². The first-order valence-electron chi connectivity index (χ1n) is 9.99. The number of para-hydroxylation sites is 1. The predicted octanol–water partition coefficient (Wildman–Crippen LogP) is 3.20. The molecule has 0 aromatic heterocycles. The largest absolute Gasteiger partial charge is 0.493 e. The second-order valence-electron chi connectivity index (χ2n) is 7.12. The number of carbonyl (C=O) groups is 2. The van der Waals surface area contributed by atoms with Crippen LogP contribution in [0.4, 0.5) is 0 Å². The number of aryl methyl sites for hydroxylation is 1. The molecule has 0 radical (unpaired) electrons. The second kappa shape index (κ2) is 10.5. The molecule has 1 fully saturated rings. The maximum Gasteiger partial charge on any atom is 0.225 e. The number of hydrogen-bond donors (Lipinski definition) is 1. The Morgan fingerprint density at radius 2 is 1.57 bits per heavy atom. The molecule has 5 nitrogen and oxygen atoms in total. The SMILES string of the molecule is O=C(CCc1ccccc1)NC1CCN(C(=O)CCOc2ccccc2)CC1. The fourth-order valence-corrected chi connectivity index (χ4v) is 3.41. The molecule has 2 amide bonds. The molecule has 2 aromatic carbocycles. The summed E-state index contributed by atoms with van der Waals surface area (Å²) in [6, 6.07) is 19.7. The lowest BCUT2D eigenvalue weighted by molar-refractivity contribution is -0.132. The summed E-state index contributed by atoms with van der Waals surface area (Å²) in [7, 11) is 0. The maximum atomic E-state index is 12.3. The van der Waals surface area contributed by atoms with Crippen LogP contribution in [0, 0.1) is 0 Å². The molecule has 0 spiro atoms. The molecule has 0 aliphatic carbocycles. The van der Waals surface area contributed by atoms with Crippen molar-refractivity contribution in [1.29, 1.82) is 0 Å². The number of ether oxygens (including phenoxy) is 1. The number of carbonyl (C=O) groups excluding carboxylic acids is 2. The average Bonchev–Trinajstić information content (AvgIpc) is 2.74. The molecule has 5 heteroatoms. The van der Waals surface area contributed by atoms with Gasteiger partial charge in [-0.05, 0) is 37.0 Å². The highest BCUT2D eigenvalue weighted by Gasteiger charge is 2.23. The lowest BCUT2D eigenvalue weighted by Gasteiger charge is -2.32. The molecule has 1 N–H and O–H groups in total. The first-order chi connectivity index (χ1) is 13.7. The van der Waals surface area contributed by atoms with Gasteiger partial charge in [0.2, 0.25) is 11.8 Å². The van der Waals surface area contributed by atoms with Gasteiger partial charge >= 0.3 is 0 Å². The second-order valence-corrected chi connectivity index (χ2v) is 7.12. The Labute approximate surface area is 166 Å². The maximum absolute atomic E-state index is 12.3. The van der Waals surface area contributed by atoms with Crippen molar-refractivity contribution in [3.8, 4) is 5.75 Å². The van der Waals surface area contributed by atoms with Crippen molar-refractivity contribution in [1.82, 2.24) is 10.2 Å². The quantitative estimate of drug-likeness (QED) is 0.765. The van der Waals surface area contributed by atoms with Crippen LogP contribution in [0.3, 0.4) is 0 Å². The number of rotatable bonds is 8. The molecule has 1 aliphatic heterocycles. The van der Waals surface area contributed by atoms with Crippen LogP contribution in [0.25, 0.3) is 0 Å². The minimum Gasteiger partial charge on any atom is -0.493 e. The van der Waals surface area contributed by atoms with Crippen LogP contribution in [-0.2, 0) is 16.0 Å². The fourth-order valence-electron chi connectivity index (χ4n) is 3.41. The van der Waals surface area contributed by atoms with E-state index >= 15 is 0 Å². The molecule has 1 aliphatic rings. The first-order valence-corrected chi connectivity index (χ1v) is 9.99. The van der Waals surface area contributed by atoms with E-state index in [-0.39, 0.29) is 17.9 Å². The number of amides is 2. The van der Waals surface area contributed by atoms with E-state index < -0.39 is 0 Å². The summed E-state index contributed by atoms with van der Waals surface area (Å²) in [5, 5.41) is 3.11. The monoisotopic (exact) mass is 380 g/mol. The summed E-state index contributed by atoms with van der Waals surface area (Å²) in [6.07, 6.45) is 3.25. The molecule has 1 heterocycles. The van der Waals surface area contributed by atoms with Gasteiger partial charge in [0, 0.05) is 25.6 Å². The highest BCUT2D eigenvalue weighted by Crippen LogP contribution is 2.13. The number of piperidine rings is 1. The lowest BCUT2D eigenvalue weighted by atomic mass is 10.0. The van der Waals surface area contributed by atoms with Gasteiger partial charge < -0.3 is 15.0 Å². The van der Waals surface area contributed by atoms with Crippen molar-refractivity contribution in [3.05, 3.63) is 66.2 Å². The van der Waals surface area contributed by atoms with Crippen LogP contribution in [0.2, 0.25) is 0 Å². The van der Waals surface area contributed by atoms with Crippen molar-refractivity contribution in [2.45, 2.75) is 38.1 Å². The van der Waals surface area contributed by atoms with E-state index in [1.807, 2.05) is 65.6 Å². The van der Waals surface area contributed by atoms with Gasteiger partial charge in [0.05, 0.1) is 13.0 Å². The van der Waals surface area contributed by atoms with Gasteiger partial charge in [-0.2, -0.15) is 0 Å². The molecule has 0 saturated carbocycles. The minimum atomic E-state index is 0.0879. The summed E-state index contributed by atoms with van der Waals surface area (Å²) in [4.78, 5) is 26.4. The van der Waals surface area contributed by atoms with Crippen molar-refractivity contribution in [3.63, 3.8) is 0 Å². The van der Waals surface area contributed by atoms with Crippen LogP contribution < -0.4 is 10.1 Å². The van der Waals surface area contributed by atoms with Gasteiger partial charge in [-0.3, -0.25) is 9.59 Å². The Kier molecular flexibility index (Phi) is 7.47. The molecule has 1 saturated heterocycles. The Bertz CT molecular complexity index is 741. The molecule has 0 bridgehead atoms. The van der Waals surface area contributed by atoms with Crippen molar-refractivity contribution >= 4 is 11.8 Å². The third-order valence-electron chi connectivity index (χ3n) is 5.02. The lowest BCUT2D eigenvalue weighted by Crippen LogP contribution is -2.46. The minimum absolute atomic E-state index is 0.0879. The smallest absolute Gasteiger partial charge is 0.225 e. The first kappa shape index (κ1) is 19.9. The summed E-state index contributed by atoms with van der Waals surface area (Å²) >= 11 is 0. The van der Waals surface area contributed by atoms with Gasteiger partial charge in [-0.25, -0.2) is 0 Å². The Morgan fingerprint density at radius 3 is 2.25 bits per heavy atom. The molecule has 3 rings (SSSR count). The number of likely N-dealkylation sites (tertiary alicyclic amines) is 1. The van der Waals surface area contributed by atoms with Gasteiger partial charge in [0.15, 0.2) is 0 Å². The summed E-state index contributed by atoms with van der Waals surface area (Å²) in [5.74, 6) is 0.988. The van der Waals surface area contributed by atoms with Gasteiger partial charge in [0.25, 0.3) is 0 Å². The van der Waals surface area contributed by atoms with E-state index in [9.17, 15) is 9.59 Å². The number of nitrogens with zero attached hydrogens (tertiary/aromatic N) is 1. The Morgan fingerprint density at radius 1 is 0.929 bits per heavy atom. The predicted molar refractivity (Wildman–Crippen MR) is 109 cm³/mol. The Hall–Kier alpha value is -2.82. The van der Waals surface area contributed by atoms with Crippen LogP contribution >= 0.6 is 0 Å². The van der Waals surface area contributed by atoms with Gasteiger partial charge in [0.1, 0.15) is 5.75 Å². The van der Waals surface area contributed by atoms with Crippen molar-refractivity contribution < 1.29 is 14.3 Å². The molecule has 0 atom stereocenters. The van der Waals surface area contributed by atoms with Gasteiger partial charge in [-0.1, -0.05) is 48.5 Å². The van der Waals surface area contributed by atoms with E-state index in [0.717, 1.165) is 25.0 Å². The van der Waals surface area contributed by atoms with Crippen LogP contribution in [0.15, 0.2) is 60.7 Å². The molecule has 148 valence electrons. The zero-order valence-electron chi connectivity index (χ0n) is 16.2. The highest BCUT2D eigenvalue weighted by molar-refractivity contribution is 5.77. The van der Waals surface area contributed by atoms with Gasteiger partial charge in [-0.15, -0.1) is 0 Å². The third kappa shape index (κ3) is 6.41. The molecular formula is C23H28N2O3. The number of benzene rings is 2. The summed E-state index contributed by atoms with van der Waals surface area (Å²) in [5.41, 5.74) is 1.18. The molecular weight excluding hydrogens is 352 g/mol. The van der Waals surface area contributed by atoms with Crippen LogP contribution in [0.1, 0.15) is 31.2 Å². The standard InChI is InChI=1S/C23H28N2O3/c26-22(12-11-19-7-3-1-4-8-19)24-20-13-16-25(17-14-20)23(27)15-18-28-21-9-5-2-6-10-21/h1-10,20H,11-18H2,(H,24,26). The topological polar surface area (TPSA) is 58.6 Å². The highest BCUT2D eigenvalue weighted by atomic mass is 16.5. The average molecular weight is 380 g/mol. The summed E-state index contributed by atoms with van der Waals surface area (Å²) in [6.45, 7) is 1.76. The zero-order chi connectivity index (χ0) is 19.6. The van der Waals surface area contributed by atoms with Crippen molar-refractivity contribution in [2.75, 3.05) is 19.7 Å². The van der Waals surface area contributed by atoms with E-state index in [1.54, 1.807) is 0 Å². The van der Waals surface area contributed by atoms with Crippen LogP contribution in [-0.4, -0.2) is 42.5 Å². The number of hydrogen-bond acceptors (Lipinski definition) is 3. The third-order valence-corrected chi connectivity index (χ3v) is 5.02. The van der Waals surface area contributed by atoms with E-state index in [0.29, 0.717) is 32.5 Å². The fraction of sp³-hybridized carbons (Fsp3) is 0.391. The van der Waals surface area contributed by atoms with E-state index in [2.05, 4.69) is 5.32 Å². The van der Waals surface area contributed by atoms with E-state index in [4.69, 9.17) is 4.74 Å². The molecule has 2 aromatic rings. The molecule has 0 unspecified atom stereocenters. The number of nitrogens with one attached hydrogen (secondary N) is 1. The van der Waals surface area contributed by atoms with Crippen LogP contribution in [0.5, 0.6) is 5.75 Å². The Balaban J connectivity index is 1.31. The normalized spacial score (nSPS) is 14.5.